The van der Waals surface area contributed by atoms with Crippen LogP contribution in [0.25, 0.3) is 44.1 Å². The van der Waals surface area contributed by atoms with E-state index in [1.165, 1.54) is 22.3 Å². The Morgan fingerprint density at radius 3 is 1.83 bits per heavy atom. The van der Waals surface area contributed by atoms with E-state index in [4.69, 9.17) is 0 Å². The molecular weight excluding hydrogens is 514 g/mol. The Morgan fingerprint density at radius 1 is 0.548 bits per heavy atom. The third kappa shape index (κ3) is 2.35. The zero-order valence-corrected chi connectivity index (χ0v) is 22.5. The number of aromatic nitrogens is 1. The van der Waals surface area contributed by atoms with Gasteiger partial charge in [-0.1, -0.05) is 121 Å². The van der Waals surface area contributed by atoms with E-state index in [1.54, 1.807) is 0 Å². The van der Waals surface area contributed by atoms with Crippen LogP contribution in [0.5, 0.6) is 0 Å². The molecule has 7 aromatic rings. The number of rotatable bonds is 0. The second-order valence-corrected chi connectivity index (χ2v) is 11.6. The van der Waals surface area contributed by atoms with Gasteiger partial charge in [-0.3, -0.25) is 4.79 Å². The van der Waals surface area contributed by atoms with Gasteiger partial charge in [0.2, 0.25) is 0 Å². The number of benzene rings is 6. The lowest BCUT2D eigenvalue weighted by Crippen LogP contribution is -2.36. The number of ketones is 1. The molecule has 0 bridgehead atoms. The van der Waals surface area contributed by atoms with E-state index < -0.39 is 11.6 Å². The van der Waals surface area contributed by atoms with Gasteiger partial charge in [0, 0.05) is 33.0 Å². The van der Waals surface area contributed by atoms with Gasteiger partial charge in [-0.25, -0.2) is 0 Å². The van der Waals surface area contributed by atoms with Gasteiger partial charge in [0.15, 0.2) is 12.0 Å². The van der Waals surface area contributed by atoms with Gasteiger partial charge in [-0.15, -0.1) is 0 Å². The molecule has 196 valence electrons. The fraction of sp³-hybridized carbons (Fsp3) is 0.0513. The average Bonchev–Trinajstić information content (AvgIpc) is 3.54. The summed E-state index contributed by atoms with van der Waals surface area (Å²) in [4.78, 5) is 13.9. The molecule has 0 fully saturated rings. The average molecular weight is 538 g/mol. The van der Waals surface area contributed by atoms with Crippen LogP contribution in [0, 0.1) is 0 Å². The van der Waals surface area contributed by atoms with E-state index >= 15 is 0 Å². The summed E-state index contributed by atoms with van der Waals surface area (Å²) in [5, 5.41) is 14.1. The van der Waals surface area contributed by atoms with Crippen molar-refractivity contribution in [3.05, 3.63) is 166 Å². The Labute approximate surface area is 241 Å². The van der Waals surface area contributed by atoms with E-state index in [0.29, 0.717) is 0 Å². The minimum absolute atomic E-state index is 0.0758. The zero-order chi connectivity index (χ0) is 27.7. The largest absolute Gasteiger partial charge is 0.369 e. The number of fused-ring (bicyclic) bond motifs is 15. The predicted octanol–water partition coefficient (Wildman–Crippen LogP) is 8.22. The molecule has 1 spiro atoms. The summed E-state index contributed by atoms with van der Waals surface area (Å²) in [6.07, 6.45) is -0.784. The molecule has 0 amide bonds. The fourth-order valence-electron chi connectivity index (χ4n) is 8.42. The fourth-order valence-corrected chi connectivity index (χ4v) is 8.42. The maximum absolute atomic E-state index is 13.9. The summed E-state index contributed by atoms with van der Waals surface area (Å²) in [5.74, 6) is 0.0758. The molecule has 1 aliphatic heterocycles. The molecule has 1 aromatic heterocycles. The topological polar surface area (TPSA) is 42.2 Å². The first-order valence-corrected chi connectivity index (χ1v) is 14.4. The molecular formula is C39H23NO2. The van der Waals surface area contributed by atoms with Gasteiger partial charge in [0.1, 0.15) is 0 Å². The first-order chi connectivity index (χ1) is 20.7. The lowest BCUT2D eigenvalue weighted by Gasteiger charge is -2.39. The molecule has 0 radical (unpaired) electrons. The summed E-state index contributed by atoms with van der Waals surface area (Å²) in [6.45, 7) is 0. The molecule has 3 aliphatic rings. The van der Waals surface area contributed by atoms with Crippen molar-refractivity contribution in [2.45, 2.75) is 11.6 Å². The number of carbonyl (C=O) groups excluding carboxylic acids is 1. The van der Waals surface area contributed by atoms with Crippen molar-refractivity contribution < 1.29 is 9.90 Å². The highest BCUT2D eigenvalue weighted by atomic mass is 16.3. The monoisotopic (exact) mass is 537 g/mol. The number of hydrogen-bond acceptors (Lipinski definition) is 2. The zero-order valence-electron chi connectivity index (χ0n) is 22.5. The van der Waals surface area contributed by atoms with Crippen LogP contribution >= 0.6 is 0 Å². The van der Waals surface area contributed by atoms with Crippen molar-refractivity contribution in [2.24, 2.45) is 0 Å². The second-order valence-electron chi connectivity index (χ2n) is 11.6. The molecule has 0 saturated carbocycles. The Kier molecular flexibility index (Phi) is 4.02. The Hall–Kier alpha value is -5.25. The van der Waals surface area contributed by atoms with E-state index in [0.717, 1.165) is 60.8 Å². The third-order valence-electron chi connectivity index (χ3n) is 9.92. The van der Waals surface area contributed by atoms with Crippen molar-refractivity contribution in [3.8, 4) is 22.3 Å². The van der Waals surface area contributed by atoms with Gasteiger partial charge in [0.05, 0.1) is 16.4 Å². The van der Waals surface area contributed by atoms with Gasteiger partial charge >= 0.3 is 0 Å². The SMILES string of the molecule is O=C1c2ccccc2C2(c3ccccc31)c1ccccc1-c1c2ccc2c1c1cccc3c1n2C(O)c1ccccc1-3. The summed E-state index contributed by atoms with van der Waals surface area (Å²) >= 11 is 0. The molecule has 6 aromatic carbocycles. The van der Waals surface area contributed by atoms with Crippen LogP contribution in [-0.4, -0.2) is 15.5 Å². The third-order valence-corrected chi connectivity index (χ3v) is 9.92. The highest BCUT2D eigenvalue weighted by Gasteiger charge is 2.52. The van der Waals surface area contributed by atoms with E-state index in [-0.39, 0.29) is 5.78 Å². The molecule has 1 atom stereocenters. The quantitative estimate of drug-likeness (QED) is 0.212. The molecule has 1 N–H and O–H groups in total. The maximum Gasteiger partial charge on any atom is 0.193 e. The van der Waals surface area contributed by atoms with Crippen LogP contribution in [0.4, 0.5) is 0 Å². The number of nitrogens with zero attached hydrogens (tertiary/aromatic N) is 1. The number of carbonyl (C=O) groups is 1. The van der Waals surface area contributed by atoms with Crippen LogP contribution in [0.15, 0.2) is 127 Å². The van der Waals surface area contributed by atoms with Gasteiger partial charge in [-0.05, 0) is 45.0 Å². The minimum Gasteiger partial charge on any atom is -0.369 e. The van der Waals surface area contributed by atoms with E-state index in [9.17, 15) is 9.90 Å². The van der Waals surface area contributed by atoms with Crippen LogP contribution in [0.3, 0.4) is 0 Å². The summed E-state index contributed by atoms with van der Waals surface area (Å²) < 4.78 is 2.11. The number of hydrogen-bond donors (Lipinski definition) is 1. The van der Waals surface area contributed by atoms with Gasteiger partial charge in [0.25, 0.3) is 0 Å². The summed E-state index contributed by atoms with van der Waals surface area (Å²) in [6, 6.07) is 44.0. The smallest absolute Gasteiger partial charge is 0.193 e. The van der Waals surface area contributed by atoms with Crippen molar-refractivity contribution in [2.75, 3.05) is 0 Å². The molecule has 3 heteroatoms. The Morgan fingerprint density at radius 2 is 1.12 bits per heavy atom. The Bertz CT molecular complexity index is 2310. The summed E-state index contributed by atoms with van der Waals surface area (Å²) in [5.41, 5.74) is 12.9. The summed E-state index contributed by atoms with van der Waals surface area (Å²) in [7, 11) is 0. The normalized spacial score (nSPS) is 16.7. The van der Waals surface area contributed by atoms with Crippen LogP contribution < -0.4 is 0 Å². The molecule has 10 rings (SSSR count). The number of aliphatic hydroxyl groups is 1. The van der Waals surface area contributed by atoms with E-state index in [2.05, 4.69) is 89.5 Å². The van der Waals surface area contributed by atoms with E-state index in [1.807, 2.05) is 42.5 Å². The predicted molar refractivity (Wildman–Crippen MR) is 166 cm³/mol. The molecule has 2 aliphatic carbocycles. The van der Waals surface area contributed by atoms with Crippen molar-refractivity contribution >= 4 is 27.6 Å². The first kappa shape index (κ1) is 22.4. The van der Waals surface area contributed by atoms with Crippen molar-refractivity contribution in [1.29, 1.82) is 0 Å². The van der Waals surface area contributed by atoms with Crippen molar-refractivity contribution in [3.63, 3.8) is 0 Å². The maximum atomic E-state index is 13.9. The minimum atomic E-state index is -0.784. The second kappa shape index (κ2) is 7.52. The number of aliphatic hydroxyl groups excluding tert-OH is 1. The molecule has 1 unspecified atom stereocenters. The van der Waals surface area contributed by atoms with Crippen molar-refractivity contribution in [1.82, 2.24) is 4.57 Å². The van der Waals surface area contributed by atoms with Crippen LogP contribution in [0.2, 0.25) is 0 Å². The van der Waals surface area contributed by atoms with Gasteiger partial charge in [-0.2, -0.15) is 0 Å². The molecule has 42 heavy (non-hydrogen) atoms. The lowest BCUT2D eigenvalue weighted by atomic mass is 9.61. The molecule has 2 heterocycles. The Balaban J connectivity index is 1.43. The highest BCUT2D eigenvalue weighted by Crippen LogP contribution is 2.61. The molecule has 0 saturated heterocycles. The lowest BCUT2D eigenvalue weighted by molar-refractivity contribution is 0.103. The highest BCUT2D eigenvalue weighted by molar-refractivity contribution is 6.22. The van der Waals surface area contributed by atoms with Gasteiger partial charge < -0.3 is 9.67 Å². The van der Waals surface area contributed by atoms with Crippen LogP contribution in [0.1, 0.15) is 50.0 Å². The number of para-hydroxylation sites is 1. The van der Waals surface area contributed by atoms with Crippen LogP contribution in [-0.2, 0) is 5.41 Å². The molecule has 3 nitrogen and oxygen atoms in total. The first-order valence-electron chi connectivity index (χ1n) is 14.4. The standard InChI is InChI=1S/C39H23NO2/c41-37-26-13-4-7-18-30(26)39(31-19-8-5-14-27(31)37)29-17-6-3-12-25(29)34-32(39)20-21-33-35(34)28-16-9-15-23-22-10-1-2-11-24(22)38(42)40(33)36(23)28/h1-21,38,42H.